The van der Waals surface area contributed by atoms with Gasteiger partial charge in [0.05, 0.1) is 0 Å². The van der Waals surface area contributed by atoms with Gasteiger partial charge in [0.1, 0.15) is 0 Å². The van der Waals surface area contributed by atoms with Crippen molar-refractivity contribution in [3.05, 3.63) is 70.3 Å². The van der Waals surface area contributed by atoms with Gasteiger partial charge in [-0.25, -0.2) is 0 Å². The molecule has 0 radical (unpaired) electrons. The lowest BCUT2D eigenvalue weighted by atomic mass is 9.90. The zero-order valence-corrected chi connectivity index (χ0v) is 15.1. The van der Waals surface area contributed by atoms with Gasteiger partial charge in [-0.3, -0.25) is 9.59 Å². The highest BCUT2D eigenvalue weighted by atomic mass is 79.9. The first-order valence-corrected chi connectivity index (χ1v) is 7.93. The second kappa shape index (κ2) is 9.06. The van der Waals surface area contributed by atoms with Crippen LogP contribution in [0.5, 0.6) is 0 Å². The number of carbonyl (C=O) groups is 2. The van der Waals surface area contributed by atoms with Crippen LogP contribution in [0.25, 0.3) is 5.57 Å². The number of hydrogen-bond acceptors (Lipinski definition) is 2. The van der Waals surface area contributed by atoms with Crippen molar-refractivity contribution in [1.82, 2.24) is 0 Å². The molecule has 0 bridgehead atoms. The topological polar surface area (TPSA) is 46.2 Å². The standard InChI is InChI=1S/C19H20BrNO2/c1-5-7-8-15(6-2)19(13(3)14(4)23)17-11-16(20)9-10-18(17)21-12-22/h5-12H,1H2,2-4H3,(H,21,22)/b8-7-,15-6+,19-13+. The van der Waals surface area contributed by atoms with Crippen LogP contribution < -0.4 is 5.32 Å². The van der Waals surface area contributed by atoms with Crippen LogP contribution in [0.1, 0.15) is 26.3 Å². The normalized spacial score (nSPS) is 12.8. The molecule has 1 N–H and O–H groups in total. The second-order valence-corrected chi connectivity index (χ2v) is 5.76. The third-order valence-corrected chi connectivity index (χ3v) is 3.87. The molecule has 120 valence electrons. The van der Waals surface area contributed by atoms with Gasteiger partial charge in [-0.2, -0.15) is 0 Å². The van der Waals surface area contributed by atoms with Crippen molar-refractivity contribution >= 4 is 39.4 Å². The number of nitrogens with one attached hydrogen (secondary N) is 1. The van der Waals surface area contributed by atoms with Gasteiger partial charge in [0.15, 0.2) is 5.78 Å². The van der Waals surface area contributed by atoms with Gasteiger partial charge in [-0.1, -0.05) is 46.8 Å². The first-order chi connectivity index (χ1) is 11.0. The first-order valence-electron chi connectivity index (χ1n) is 7.14. The summed E-state index contributed by atoms with van der Waals surface area (Å²) in [5.41, 5.74) is 3.71. The predicted octanol–water partition coefficient (Wildman–Crippen LogP) is 5.07. The number of rotatable bonds is 7. The maximum atomic E-state index is 12.0. The van der Waals surface area contributed by atoms with Gasteiger partial charge in [-0.05, 0) is 50.1 Å². The van der Waals surface area contributed by atoms with E-state index in [1.807, 2.05) is 37.3 Å². The minimum atomic E-state index is -0.0246. The molecular weight excluding hydrogens is 354 g/mol. The molecule has 0 spiro atoms. The smallest absolute Gasteiger partial charge is 0.211 e. The lowest BCUT2D eigenvalue weighted by Gasteiger charge is -2.17. The number of hydrogen-bond donors (Lipinski definition) is 1. The number of ketones is 1. The summed E-state index contributed by atoms with van der Waals surface area (Å²) in [5.74, 6) is -0.0246. The van der Waals surface area contributed by atoms with E-state index >= 15 is 0 Å². The van der Waals surface area contributed by atoms with Crippen LogP contribution >= 0.6 is 15.9 Å². The van der Waals surface area contributed by atoms with Gasteiger partial charge < -0.3 is 5.32 Å². The molecule has 0 unspecified atom stereocenters. The number of carbonyl (C=O) groups excluding carboxylic acids is 2. The molecule has 23 heavy (non-hydrogen) atoms. The summed E-state index contributed by atoms with van der Waals surface area (Å²) < 4.78 is 0.862. The van der Waals surface area contributed by atoms with Crippen molar-refractivity contribution in [1.29, 1.82) is 0 Å². The molecular formula is C19H20BrNO2. The Hall–Kier alpha value is -2.20. The number of halogens is 1. The first kappa shape index (κ1) is 18.8. The van der Waals surface area contributed by atoms with Crippen molar-refractivity contribution in [2.24, 2.45) is 0 Å². The van der Waals surface area contributed by atoms with Crippen molar-refractivity contribution in [2.45, 2.75) is 20.8 Å². The van der Waals surface area contributed by atoms with Gasteiger partial charge in [0.25, 0.3) is 0 Å². The molecule has 0 saturated carbocycles. The van der Waals surface area contributed by atoms with Gasteiger partial charge >= 0.3 is 0 Å². The lowest BCUT2D eigenvalue weighted by molar-refractivity contribution is -0.113. The minimum Gasteiger partial charge on any atom is -0.328 e. The molecule has 1 rings (SSSR count). The number of anilines is 1. The van der Waals surface area contributed by atoms with E-state index in [0.29, 0.717) is 17.7 Å². The zero-order chi connectivity index (χ0) is 17.4. The molecule has 0 aliphatic heterocycles. The van der Waals surface area contributed by atoms with Crippen molar-refractivity contribution in [2.75, 3.05) is 5.32 Å². The van der Waals surface area contributed by atoms with Crippen LogP contribution in [-0.4, -0.2) is 12.2 Å². The van der Waals surface area contributed by atoms with E-state index in [9.17, 15) is 9.59 Å². The second-order valence-electron chi connectivity index (χ2n) is 4.85. The Labute approximate surface area is 145 Å². The van der Waals surface area contributed by atoms with Gasteiger partial charge in [0.2, 0.25) is 6.41 Å². The van der Waals surface area contributed by atoms with Gasteiger partial charge in [-0.15, -0.1) is 0 Å². The van der Waals surface area contributed by atoms with E-state index in [4.69, 9.17) is 0 Å². The molecule has 1 aromatic carbocycles. The Balaban J connectivity index is 3.73. The van der Waals surface area contributed by atoms with Crippen LogP contribution in [0, 0.1) is 0 Å². The third-order valence-electron chi connectivity index (χ3n) is 3.38. The van der Waals surface area contributed by atoms with E-state index in [1.165, 1.54) is 6.92 Å². The van der Waals surface area contributed by atoms with E-state index in [0.717, 1.165) is 21.2 Å². The summed E-state index contributed by atoms with van der Waals surface area (Å²) in [4.78, 5) is 22.9. The van der Waals surface area contributed by atoms with E-state index in [-0.39, 0.29) is 5.78 Å². The molecule has 1 aromatic rings. The number of amides is 1. The average molecular weight is 374 g/mol. The van der Waals surface area contributed by atoms with Crippen LogP contribution in [0.2, 0.25) is 0 Å². The van der Waals surface area contributed by atoms with Crippen LogP contribution in [0.4, 0.5) is 5.69 Å². The molecule has 0 heterocycles. The summed E-state index contributed by atoms with van der Waals surface area (Å²) in [6.07, 6.45) is 7.93. The fraction of sp³-hybridized carbons (Fsp3) is 0.158. The summed E-state index contributed by atoms with van der Waals surface area (Å²) in [6.45, 7) is 8.90. The molecule has 0 aliphatic rings. The maximum absolute atomic E-state index is 12.0. The van der Waals surface area contributed by atoms with Crippen molar-refractivity contribution in [3.8, 4) is 0 Å². The van der Waals surface area contributed by atoms with Crippen LogP contribution in [0.15, 0.2) is 64.7 Å². The van der Waals surface area contributed by atoms with Crippen molar-refractivity contribution in [3.63, 3.8) is 0 Å². The Bertz CT molecular complexity index is 712. The molecule has 0 aliphatic carbocycles. The minimum absolute atomic E-state index is 0.0246. The number of benzene rings is 1. The van der Waals surface area contributed by atoms with Crippen LogP contribution in [-0.2, 0) is 9.59 Å². The monoisotopic (exact) mass is 373 g/mol. The Morgan fingerprint density at radius 2 is 2.00 bits per heavy atom. The van der Waals surface area contributed by atoms with Crippen LogP contribution in [0.3, 0.4) is 0 Å². The van der Waals surface area contributed by atoms with Gasteiger partial charge in [0, 0.05) is 21.3 Å². The SMILES string of the molecule is C=C\C=C/C(=C\C)C(=C(/C)C(C)=O)/c1cc(Br)ccc1NC=O. The molecule has 3 nitrogen and oxygen atoms in total. The lowest BCUT2D eigenvalue weighted by Crippen LogP contribution is -2.04. The summed E-state index contributed by atoms with van der Waals surface area (Å²) in [6, 6.07) is 5.52. The molecule has 0 aromatic heterocycles. The molecule has 0 saturated heterocycles. The summed E-state index contributed by atoms with van der Waals surface area (Å²) >= 11 is 3.45. The summed E-state index contributed by atoms with van der Waals surface area (Å²) in [5, 5.41) is 2.69. The van der Waals surface area contributed by atoms with E-state index < -0.39 is 0 Å². The van der Waals surface area contributed by atoms with E-state index in [2.05, 4.69) is 27.8 Å². The quantitative estimate of drug-likeness (QED) is 0.412. The Morgan fingerprint density at radius 1 is 1.30 bits per heavy atom. The maximum Gasteiger partial charge on any atom is 0.211 e. The zero-order valence-electron chi connectivity index (χ0n) is 13.5. The fourth-order valence-corrected chi connectivity index (χ4v) is 2.52. The highest BCUT2D eigenvalue weighted by Gasteiger charge is 2.16. The average Bonchev–Trinajstić information content (AvgIpc) is 2.53. The predicted molar refractivity (Wildman–Crippen MR) is 100 cm³/mol. The number of Topliss-reactive ketones (excluding diaryl/α,β-unsaturated/α-hetero) is 1. The number of allylic oxidation sites excluding steroid dienone is 7. The third kappa shape index (κ3) is 4.89. The molecule has 1 amide bonds. The Kier molecular flexibility index (Phi) is 7.42. The fourth-order valence-electron chi connectivity index (χ4n) is 2.16. The largest absolute Gasteiger partial charge is 0.328 e. The molecule has 4 heteroatoms. The molecule has 0 atom stereocenters. The Morgan fingerprint density at radius 3 is 2.52 bits per heavy atom. The highest BCUT2D eigenvalue weighted by Crippen LogP contribution is 2.35. The van der Waals surface area contributed by atoms with Crippen molar-refractivity contribution < 1.29 is 9.59 Å². The summed E-state index contributed by atoms with van der Waals surface area (Å²) in [7, 11) is 0. The molecule has 0 fully saturated rings. The van der Waals surface area contributed by atoms with E-state index in [1.54, 1.807) is 19.1 Å². The highest BCUT2D eigenvalue weighted by molar-refractivity contribution is 9.10.